The largest absolute Gasteiger partial charge is 0.335 e. The fourth-order valence-corrected chi connectivity index (χ4v) is 1.78. The van der Waals surface area contributed by atoms with E-state index in [4.69, 9.17) is 11.6 Å². The van der Waals surface area contributed by atoms with Gasteiger partial charge in [0.2, 0.25) is 0 Å². The number of aromatic nitrogens is 2. The van der Waals surface area contributed by atoms with Crippen LogP contribution in [0, 0.1) is 0 Å². The molecule has 0 aromatic carbocycles. The molecule has 0 N–H and O–H groups in total. The minimum atomic E-state index is -0.0659. The van der Waals surface area contributed by atoms with Crippen LogP contribution in [0.15, 0.2) is 5.38 Å². The van der Waals surface area contributed by atoms with Gasteiger partial charge in [-0.25, -0.2) is 0 Å². The van der Waals surface area contributed by atoms with Crippen LogP contribution in [-0.4, -0.2) is 38.9 Å². The van der Waals surface area contributed by atoms with Gasteiger partial charge in [-0.15, -0.1) is 16.7 Å². The van der Waals surface area contributed by atoms with Crippen molar-refractivity contribution in [3.8, 4) is 0 Å². The van der Waals surface area contributed by atoms with Gasteiger partial charge in [-0.2, -0.15) is 0 Å². The highest BCUT2D eigenvalue weighted by Crippen LogP contribution is 2.08. The number of hydrogen-bond acceptors (Lipinski definition) is 4. The van der Waals surface area contributed by atoms with E-state index in [9.17, 15) is 4.79 Å². The molecule has 0 fully saturated rings. The Morgan fingerprint density at radius 2 is 2.40 bits per heavy atom. The van der Waals surface area contributed by atoms with E-state index in [1.807, 2.05) is 13.8 Å². The molecule has 0 bridgehead atoms. The molecule has 6 heteroatoms. The summed E-state index contributed by atoms with van der Waals surface area (Å²) >= 11 is 6.80. The Labute approximate surface area is 98.4 Å². The second kappa shape index (κ2) is 6.02. The highest BCUT2D eigenvalue weighted by molar-refractivity contribution is 7.03. The van der Waals surface area contributed by atoms with Gasteiger partial charge in [-0.05, 0) is 31.8 Å². The molecule has 0 spiro atoms. The quantitative estimate of drug-likeness (QED) is 0.748. The maximum absolute atomic E-state index is 11.9. The number of carbonyl (C=O) groups is 1. The highest BCUT2D eigenvalue weighted by atomic mass is 35.5. The molecule has 4 nitrogen and oxygen atoms in total. The van der Waals surface area contributed by atoms with Crippen LogP contribution in [0.25, 0.3) is 0 Å². The van der Waals surface area contributed by atoms with Gasteiger partial charge < -0.3 is 4.90 Å². The van der Waals surface area contributed by atoms with Crippen molar-refractivity contribution >= 4 is 29.0 Å². The zero-order valence-corrected chi connectivity index (χ0v) is 10.4. The number of hydrogen-bond donors (Lipinski definition) is 0. The first-order valence-electron chi connectivity index (χ1n) is 4.80. The van der Waals surface area contributed by atoms with Crippen LogP contribution in [0.5, 0.6) is 0 Å². The molecule has 84 valence electrons. The van der Waals surface area contributed by atoms with Gasteiger partial charge in [0.1, 0.15) is 0 Å². The Morgan fingerprint density at radius 1 is 1.67 bits per heavy atom. The van der Waals surface area contributed by atoms with Gasteiger partial charge in [0.15, 0.2) is 5.69 Å². The molecule has 0 aliphatic heterocycles. The lowest BCUT2D eigenvalue weighted by molar-refractivity contribution is 0.0700. The molecule has 1 heterocycles. The summed E-state index contributed by atoms with van der Waals surface area (Å²) in [4.78, 5) is 13.7. The lowest BCUT2D eigenvalue weighted by Gasteiger charge is -2.25. The van der Waals surface area contributed by atoms with Crippen molar-refractivity contribution in [2.24, 2.45) is 0 Å². The van der Waals surface area contributed by atoms with Crippen LogP contribution in [0.4, 0.5) is 0 Å². The van der Waals surface area contributed by atoms with Crippen LogP contribution in [0.3, 0.4) is 0 Å². The number of carbonyl (C=O) groups excluding carboxylic acids is 1. The van der Waals surface area contributed by atoms with Gasteiger partial charge in [-0.1, -0.05) is 4.49 Å². The Kier molecular flexibility index (Phi) is 4.98. The first-order valence-corrected chi connectivity index (χ1v) is 6.18. The molecular weight excluding hydrogens is 234 g/mol. The number of rotatable bonds is 5. The average Bonchev–Trinajstić information content (AvgIpc) is 2.70. The van der Waals surface area contributed by atoms with Gasteiger partial charge in [0, 0.05) is 23.8 Å². The van der Waals surface area contributed by atoms with Crippen molar-refractivity contribution in [3.63, 3.8) is 0 Å². The molecule has 0 saturated carbocycles. The molecule has 0 unspecified atom stereocenters. The maximum Gasteiger partial charge on any atom is 0.275 e. The predicted octanol–water partition coefficient (Wildman–Crippen LogP) is 2.02. The summed E-state index contributed by atoms with van der Waals surface area (Å²) in [7, 11) is 0. The zero-order valence-electron chi connectivity index (χ0n) is 8.81. The van der Waals surface area contributed by atoms with Gasteiger partial charge in [0.05, 0.1) is 0 Å². The topological polar surface area (TPSA) is 46.1 Å². The van der Waals surface area contributed by atoms with Crippen molar-refractivity contribution < 1.29 is 4.79 Å². The monoisotopic (exact) mass is 247 g/mol. The molecule has 1 aromatic heterocycles. The Balaban J connectivity index is 2.67. The summed E-state index contributed by atoms with van der Waals surface area (Å²) in [5.74, 6) is 0.495. The van der Waals surface area contributed by atoms with Crippen LogP contribution in [0.1, 0.15) is 30.8 Å². The molecule has 0 atom stereocenters. The van der Waals surface area contributed by atoms with Crippen LogP contribution in [-0.2, 0) is 0 Å². The highest BCUT2D eigenvalue weighted by Gasteiger charge is 2.20. The van der Waals surface area contributed by atoms with E-state index in [0.29, 0.717) is 18.1 Å². The Bertz CT molecular complexity index is 302. The average molecular weight is 248 g/mol. The molecular formula is C9H14ClN3OS. The maximum atomic E-state index is 11.9. The van der Waals surface area contributed by atoms with Crippen LogP contribution in [0.2, 0.25) is 0 Å². The fraction of sp³-hybridized carbons (Fsp3) is 0.667. The first-order chi connectivity index (χ1) is 7.16. The molecule has 15 heavy (non-hydrogen) atoms. The molecule has 1 rings (SSSR count). The summed E-state index contributed by atoms with van der Waals surface area (Å²) in [6, 6.07) is 0.155. The van der Waals surface area contributed by atoms with Crippen molar-refractivity contribution in [1.29, 1.82) is 0 Å². The minimum absolute atomic E-state index is 0.0659. The lowest BCUT2D eigenvalue weighted by atomic mass is 10.2. The molecule has 1 aromatic rings. The zero-order chi connectivity index (χ0) is 11.3. The number of nitrogens with zero attached hydrogens (tertiary/aromatic N) is 3. The van der Waals surface area contributed by atoms with E-state index in [1.165, 1.54) is 11.5 Å². The van der Waals surface area contributed by atoms with Gasteiger partial charge >= 0.3 is 0 Å². The normalized spacial score (nSPS) is 10.7. The fourth-order valence-electron chi connectivity index (χ4n) is 1.23. The van der Waals surface area contributed by atoms with Gasteiger partial charge in [0.25, 0.3) is 5.91 Å². The summed E-state index contributed by atoms with van der Waals surface area (Å²) in [6.07, 6.45) is 0.795. The first kappa shape index (κ1) is 12.4. The van der Waals surface area contributed by atoms with Crippen molar-refractivity contribution in [2.75, 3.05) is 12.4 Å². The molecule has 0 aliphatic carbocycles. The van der Waals surface area contributed by atoms with Crippen molar-refractivity contribution in [2.45, 2.75) is 26.3 Å². The summed E-state index contributed by atoms with van der Waals surface area (Å²) < 4.78 is 3.68. The minimum Gasteiger partial charge on any atom is -0.335 e. The summed E-state index contributed by atoms with van der Waals surface area (Å²) in [5, 5.41) is 5.44. The second-order valence-electron chi connectivity index (χ2n) is 3.42. The summed E-state index contributed by atoms with van der Waals surface area (Å²) in [6.45, 7) is 4.62. The van der Waals surface area contributed by atoms with Crippen LogP contribution >= 0.6 is 23.1 Å². The van der Waals surface area contributed by atoms with E-state index in [-0.39, 0.29) is 11.9 Å². The standard InChI is InChI=1S/C9H14ClN3OS/c1-7(2)13(5-3-4-10)9(14)8-6-15-12-11-8/h6-7H,3-5H2,1-2H3. The molecule has 0 saturated heterocycles. The van der Waals surface area contributed by atoms with Gasteiger partial charge in [-0.3, -0.25) is 4.79 Å². The second-order valence-corrected chi connectivity index (χ2v) is 4.41. The van der Waals surface area contributed by atoms with E-state index < -0.39 is 0 Å². The smallest absolute Gasteiger partial charge is 0.275 e. The lowest BCUT2D eigenvalue weighted by Crippen LogP contribution is -2.38. The van der Waals surface area contributed by atoms with E-state index in [0.717, 1.165) is 6.42 Å². The third-order valence-corrected chi connectivity index (χ3v) is 2.77. The van der Waals surface area contributed by atoms with E-state index in [2.05, 4.69) is 9.59 Å². The molecule has 0 aliphatic rings. The third-order valence-electron chi connectivity index (χ3n) is 2.00. The number of amides is 1. The van der Waals surface area contributed by atoms with Crippen molar-refractivity contribution in [1.82, 2.24) is 14.5 Å². The van der Waals surface area contributed by atoms with E-state index in [1.54, 1.807) is 10.3 Å². The summed E-state index contributed by atoms with van der Waals surface area (Å²) in [5.41, 5.74) is 0.420. The third kappa shape index (κ3) is 3.43. The number of alkyl halides is 1. The Morgan fingerprint density at radius 3 is 2.87 bits per heavy atom. The van der Waals surface area contributed by atoms with Crippen molar-refractivity contribution in [3.05, 3.63) is 11.1 Å². The SMILES string of the molecule is CC(C)N(CCCCl)C(=O)c1csnn1. The molecule has 0 radical (unpaired) electrons. The number of halogens is 1. The Hall–Kier alpha value is -0.680. The van der Waals surface area contributed by atoms with Crippen LogP contribution < -0.4 is 0 Å². The van der Waals surface area contributed by atoms with E-state index >= 15 is 0 Å². The molecule has 1 amide bonds. The predicted molar refractivity (Wildman–Crippen MR) is 61.4 cm³/mol.